The number of sulfonamides is 1. The van der Waals surface area contributed by atoms with Gasteiger partial charge in [-0.1, -0.05) is 20.8 Å². The number of rotatable bonds is 5. The van der Waals surface area contributed by atoms with Crippen LogP contribution in [-0.4, -0.2) is 26.9 Å². The van der Waals surface area contributed by atoms with Gasteiger partial charge in [-0.2, -0.15) is 0 Å². The summed E-state index contributed by atoms with van der Waals surface area (Å²) in [4.78, 5) is 13.9. The Hall–Kier alpha value is -1.40. The second-order valence-corrected chi connectivity index (χ2v) is 7.81. The third-order valence-corrected chi connectivity index (χ3v) is 5.76. The summed E-state index contributed by atoms with van der Waals surface area (Å²) in [5.74, 6) is 0.294. The van der Waals surface area contributed by atoms with E-state index in [0.717, 1.165) is 11.3 Å². The van der Waals surface area contributed by atoms with Crippen molar-refractivity contribution >= 4 is 21.6 Å². The van der Waals surface area contributed by atoms with E-state index in [1.807, 2.05) is 27.7 Å². The summed E-state index contributed by atoms with van der Waals surface area (Å²) in [6.45, 7) is 8.27. The molecule has 2 rings (SSSR count). The minimum absolute atomic E-state index is 0.0703. The number of nitrogens with one attached hydrogen (secondary N) is 1. The minimum atomic E-state index is -3.52. The Bertz CT molecular complexity index is 668. The molecule has 1 aromatic rings. The largest absolute Gasteiger partial charge is 0.312 e. The molecule has 0 saturated carbocycles. The van der Waals surface area contributed by atoms with Gasteiger partial charge in [-0.15, -0.1) is 0 Å². The predicted octanol–water partition coefficient (Wildman–Crippen LogP) is 2.31. The number of hydrogen-bond donors (Lipinski definition) is 1. The topological polar surface area (TPSA) is 66.5 Å². The van der Waals surface area contributed by atoms with Crippen LogP contribution in [0, 0.1) is 5.92 Å². The highest BCUT2D eigenvalue weighted by atomic mass is 32.2. The highest BCUT2D eigenvalue weighted by Crippen LogP contribution is 2.30. The number of anilines is 1. The van der Waals surface area contributed by atoms with Crippen molar-refractivity contribution in [3.63, 3.8) is 0 Å². The third-order valence-electron chi connectivity index (χ3n) is 4.20. The first-order valence-corrected chi connectivity index (χ1v) is 9.20. The molecule has 1 aliphatic rings. The summed E-state index contributed by atoms with van der Waals surface area (Å²) in [6.07, 6.45) is 1.15. The molecule has 1 N–H and O–H groups in total. The molecule has 5 nitrogen and oxygen atoms in total. The van der Waals surface area contributed by atoms with E-state index in [1.54, 1.807) is 23.1 Å². The van der Waals surface area contributed by atoms with Crippen LogP contribution >= 0.6 is 0 Å². The molecule has 0 radical (unpaired) electrons. The first-order chi connectivity index (χ1) is 10.3. The highest BCUT2D eigenvalue weighted by molar-refractivity contribution is 7.89. The number of carbonyl (C=O) groups excluding carboxylic acids is 1. The fourth-order valence-electron chi connectivity index (χ4n) is 2.44. The minimum Gasteiger partial charge on any atom is -0.312 e. The Morgan fingerprint density at radius 1 is 1.32 bits per heavy atom. The van der Waals surface area contributed by atoms with E-state index in [2.05, 4.69) is 4.72 Å². The normalized spacial score (nSPS) is 16.0. The average molecular weight is 324 g/mol. The van der Waals surface area contributed by atoms with Gasteiger partial charge in [0.15, 0.2) is 0 Å². The van der Waals surface area contributed by atoms with Gasteiger partial charge in [0.05, 0.1) is 4.90 Å². The lowest BCUT2D eigenvalue weighted by Gasteiger charge is -2.19. The fraction of sp³-hybridized carbons (Fsp3) is 0.562. The molecule has 0 aliphatic carbocycles. The zero-order valence-corrected chi connectivity index (χ0v) is 14.4. The zero-order valence-electron chi connectivity index (χ0n) is 13.6. The number of fused-ring (bicyclic) bond motifs is 1. The molecule has 0 aromatic heterocycles. The Morgan fingerprint density at radius 2 is 2.00 bits per heavy atom. The van der Waals surface area contributed by atoms with E-state index in [1.165, 1.54) is 0 Å². The number of nitrogens with zero attached hydrogens (tertiary/aromatic N) is 1. The van der Waals surface area contributed by atoms with Gasteiger partial charge in [-0.05, 0) is 43.0 Å². The molecular weight excluding hydrogens is 300 g/mol. The zero-order chi connectivity index (χ0) is 16.5. The lowest BCUT2D eigenvalue weighted by atomic mass is 10.1. The fourth-order valence-corrected chi connectivity index (χ4v) is 3.89. The van der Waals surface area contributed by atoms with Crippen LogP contribution in [-0.2, 0) is 21.2 Å². The van der Waals surface area contributed by atoms with Crippen molar-refractivity contribution in [3.05, 3.63) is 23.8 Å². The molecule has 0 spiro atoms. The van der Waals surface area contributed by atoms with E-state index in [9.17, 15) is 13.2 Å². The monoisotopic (exact) mass is 324 g/mol. The van der Waals surface area contributed by atoms with Crippen molar-refractivity contribution in [2.45, 2.75) is 51.5 Å². The number of hydrogen-bond acceptors (Lipinski definition) is 3. The van der Waals surface area contributed by atoms with Gasteiger partial charge in [0.1, 0.15) is 0 Å². The van der Waals surface area contributed by atoms with Crippen LogP contribution in [0.1, 0.15) is 39.7 Å². The second kappa shape index (κ2) is 6.38. The molecule has 1 atom stereocenters. The van der Waals surface area contributed by atoms with Crippen LogP contribution in [0.25, 0.3) is 0 Å². The molecule has 122 valence electrons. The van der Waals surface area contributed by atoms with Crippen molar-refractivity contribution in [2.75, 3.05) is 11.4 Å². The summed E-state index contributed by atoms with van der Waals surface area (Å²) in [5, 5.41) is 0. The molecule has 0 saturated heterocycles. The van der Waals surface area contributed by atoms with E-state index < -0.39 is 10.0 Å². The van der Waals surface area contributed by atoms with E-state index in [0.29, 0.717) is 19.4 Å². The van der Waals surface area contributed by atoms with E-state index >= 15 is 0 Å². The lowest BCUT2D eigenvalue weighted by Crippen LogP contribution is -2.36. The standard InChI is InChI=1S/C16H24N2O3S/c1-5-16(19)18-9-8-13-10-14(6-7-15(13)18)22(20,21)17-12(4)11(2)3/h6-7,10-12,17H,5,8-9H2,1-4H3/t12-/m1/s1. The first-order valence-electron chi connectivity index (χ1n) is 7.72. The Morgan fingerprint density at radius 3 is 2.59 bits per heavy atom. The Kier molecular flexibility index (Phi) is 4.92. The van der Waals surface area contributed by atoms with Gasteiger partial charge in [0.25, 0.3) is 0 Å². The number of amides is 1. The smallest absolute Gasteiger partial charge is 0.240 e. The summed E-state index contributed by atoms with van der Waals surface area (Å²) < 4.78 is 27.6. The molecule has 1 aromatic carbocycles. The third kappa shape index (κ3) is 3.33. The number of carbonyl (C=O) groups is 1. The van der Waals surface area contributed by atoms with Crippen LogP contribution < -0.4 is 9.62 Å². The van der Waals surface area contributed by atoms with Crippen LogP contribution in [0.2, 0.25) is 0 Å². The van der Waals surface area contributed by atoms with Crippen LogP contribution in [0.5, 0.6) is 0 Å². The van der Waals surface area contributed by atoms with Gasteiger partial charge in [-0.25, -0.2) is 13.1 Å². The van der Waals surface area contributed by atoms with Gasteiger partial charge < -0.3 is 4.90 Å². The van der Waals surface area contributed by atoms with Crippen molar-refractivity contribution in [1.29, 1.82) is 0 Å². The van der Waals surface area contributed by atoms with Crippen molar-refractivity contribution in [3.8, 4) is 0 Å². The molecule has 6 heteroatoms. The molecule has 0 unspecified atom stereocenters. The van der Waals surface area contributed by atoms with Crippen LogP contribution in [0.3, 0.4) is 0 Å². The van der Waals surface area contributed by atoms with Gasteiger partial charge in [0.2, 0.25) is 15.9 Å². The molecule has 22 heavy (non-hydrogen) atoms. The summed E-state index contributed by atoms with van der Waals surface area (Å²) in [6, 6.07) is 4.88. The van der Waals surface area contributed by atoms with Gasteiger partial charge in [-0.3, -0.25) is 4.79 Å². The molecular formula is C16H24N2O3S. The Balaban J connectivity index is 2.28. The second-order valence-electron chi connectivity index (χ2n) is 6.09. The highest BCUT2D eigenvalue weighted by Gasteiger charge is 2.26. The van der Waals surface area contributed by atoms with Gasteiger partial charge >= 0.3 is 0 Å². The van der Waals surface area contributed by atoms with Crippen LogP contribution in [0.4, 0.5) is 5.69 Å². The maximum atomic E-state index is 12.4. The van der Waals surface area contributed by atoms with Crippen LogP contribution in [0.15, 0.2) is 23.1 Å². The first kappa shape index (κ1) is 17.0. The van der Waals surface area contributed by atoms with E-state index in [-0.39, 0.29) is 22.8 Å². The summed E-state index contributed by atoms with van der Waals surface area (Å²) >= 11 is 0. The number of benzene rings is 1. The summed E-state index contributed by atoms with van der Waals surface area (Å²) in [5.41, 5.74) is 1.75. The SMILES string of the molecule is CCC(=O)N1CCc2cc(S(=O)(=O)N[C@H](C)C(C)C)ccc21. The maximum absolute atomic E-state index is 12.4. The van der Waals surface area contributed by atoms with Crippen molar-refractivity contribution in [2.24, 2.45) is 5.92 Å². The molecule has 0 fully saturated rings. The summed E-state index contributed by atoms with van der Waals surface area (Å²) in [7, 11) is -3.52. The van der Waals surface area contributed by atoms with Gasteiger partial charge in [0, 0.05) is 24.7 Å². The lowest BCUT2D eigenvalue weighted by molar-refractivity contribution is -0.118. The Labute approximate surface area is 132 Å². The maximum Gasteiger partial charge on any atom is 0.240 e. The molecule has 1 aliphatic heterocycles. The predicted molar refractivity (Wildman–Crippen MR) is 87.4 cm³/mol. The van der Waals surface area contributed by atoms with E-state index in [4.69, 9.17) is 0 Å². The quantitative estimate of drug-likeness (QED) is 0.904. The molecule has 1 heterocycles. The molecule has 1 amide bonds. The van der Waals surface area contributed by atoms with Crippen molar-refractivity contribution in [1.82, 2.24) is 4.72 Å². The van der Waals surface area contributed by atoms with Crippen molar-refractivity contribution < 1.29 is 13.2 Å². The average Bonchev–Trinajstić information content (AvgIpc) is 2.88. The molecule has 0 bridgehead atoms.